The van der Waals surface area contributed by atoms with Gasteiger partial charge >= 0.3 is 0 Å². The molecule has 1 aliphatic heterocycles. The molecular formula is C14H22N2OS. The summed E-state index contributed by atoms with van der Waals surface area (Å²) in [5, 5.41) is 4.99. The van der Waals surface area contributed by atoms with Gasteiger partial charge < -0.3 is 10.2 Å². The van der Waals surface area contributed by atoms with Crippen LogP contribution in [0.2, 0.25) is 0 Å². The van der Waals surface area contributed by atoms with Gasteiger partial charge in [0.25, 0.3) is 5.91 Å². The lowest BCUT2D eigenvalue weighted by Crippen LogP contribution is -2.37. The number of thiophene rings is 1. The number of amides is 1. The van der Waals surface area contributed by atoms with E-state index in [1.165, 1.54) is 37.2 Å². The lowest BCUT2D eigenvalue weighted by Gasteiger charge is -2.26. The topological polar surface area (TPSA) is 32.3 Å². The zero-order valence-electron chi connectivity index (χ0n) is 11.3. The van der Waals surface area contributed by atoms with Crippen molar-refractivity contribution in [2.45, 2.75) is 33.1 Å². The van der Waals surface area contributed by atoms with Crippen LogP contribution < -0.4 is 5.32 Å². The Hall–Kier alpha value is -0.870. The molecule has 2 heterocycles. The van der Waals surface area contributed by atoms with Gasteiger partial charge in [0.15, 0.2) is 0 Å². The Morgan fingerprint density at radius 3 is 2.67 bits per heavy atom. The van der Waals surface area contributed by atoms with Crippen molar-refractivity contribution in [1.82, 2.24) is 10.2 Å². The standard InChI is InChI=1S/C14H22N2OS/c1-11-12(2)18-10-13(11)14(17)15-6-9-16-7-4-3-5-8-16/h10H,3-9H2,1-2H3,(H,15,17). The van der Waals surface area contributed by atoms with Crippen molar-refractivity contribution < 1.29 is 4.79 Å². The van der Waals surface area contributed by atoms with E-state index in [-0.39, 0.29) is 5.91 Å². The number of carbonyl (C=O) groups is 1. The third-order valence-corrected chi connectivity index (χ3v) is 4.71. The van der Waals surface area contributed by atoms with Gasteiger partial charge in [0.2, 0.25) is 0 Å². The predicted octanol–water partition coefficient (Wildman–Crippen LogP) is 2.58. The quantitative estimate of drug-likeness (QED) is 0.908. The zero-order chi connectivity index (χ0) is 13.0. The molecule has 2 rings (SSSR count). The Morgan fingerprint density at radius 2 is 2.06 bits per heavy atom. The molecule has 0 unspecified atom stereocenters. The molecule has 0 aliphatic carbocycles. The molecule has 1 aliphatic rings. The number of hydrogen-bond donors (Lipinski definition) is 1. The molecule has 0 aromatic carbocycles. The van der Waals surface area contributed by atoms with Gasteiger partial charge in [-0.1, -0.05) is 6.42 Å². The van der Waals surface area contributed by atoms with Crippen LogP contribution in [0.25, 0.3) is 0 Å². The van der Waals surface area contributed by atoms with E-state index in [0.717, 1.165) is 24.2 Å². The van der Waals surface area contributed by atoms with Crippen LogP contribution in [0.15, 0.2) is 5.38 Å². The number of hydrogen-bond acceptors (Lipinski definition) is 3. The summed E-state index contributed by atoms with van der Waals surface area (Å²) in [7, 11) is 0. The molecule has 1 aromatic rings. The Balaban J connectivity index is 1.76. The maximum absolute atomic E-state index is 12.0. The van der Waals surface area contributed by atoms with Crippen molar-refractivity contribution in [2.24, 2.45) is 0 Å². The van der Waals surface area contributed by atoms with E-state index >= 15 is 0 Å². The SMILES string of the molecule is Cc1scc(C(=O)NCCN2CCCCC2)c1C. The predicted molar refractivity (Wildman–Crippen MR) is 76.4 cm³/mol. The van der Waals surface area contributed by atoms with Gasteiger partial charge in [0.1, 0.15) is 0 Å². The van der Waals surface area contributed by atoms with Crippen LogP contribution in [-0.4, -0.2) is 37.0 Å². The van der Waals surface area contributed by atoms with Crippen LogP contribution >= 0.6 is 11.3 Å². The number of aryl methyl sites for hydroxylation is 1. The first kappa shape index (κ1) is 13.6. The van der Waals surface area contributed by atoms with Crippen molar-refractivity contribution in [3.05, 3.63) is 21.4 Å². The highest BCUT2D eigenvalue weighted by atomic mass is 32.1. The van der Waals surface area contributed by atoms with E-state index in [9.17, 15) is 4.79 Å². The Kier molecular flexibility index (Phi) is 4.78. The molecule has 100 valence electrons. The smallest absolute Gasteiger partial charge is 0.252 e. The van der Waals surface area contributed by atoms with Gasteiger partial charge in [0, 0.05) is 23.3 Å². The average Bonchev–Trinajstić information content (AvgIpc) is 2.71. The molecule has 0 radical (unpaired) electrons. The summed E-state index contributed by atoms with van der Waals surface area (Å²) in [4.78, 5) is 15.7. The summed E-state index contributed by atoms with van der Waals surface area (Å²) in [6.07, 6.45) is 3.96. The summed E-state index contributed by atoms with van der Waals surface area (Å²) in [6.45, 7) is 8.19. The largest absolute Gasteiger partial charge is 0.351 e. The fourth-order valence-electron chi connectivity index (χ4n) is 2.34. The molecule has 1 aromatic heterocycles. The second-order valence-electron chi connectivity index (χ2n) is 4.99. The molecule has 0 spiro atoms. The van der Waals surface area contributed by atoms with Gasteiger partial charge in [-0.2, -0.15) is 0 Å². The molecule has 1 N–H and O–H groups in total. The second kappa shape index (κ2) is 6.34. The molecule has 1 amide bonds. The molecule has 3 nitrogen and oxygen atoms in total. The van der Waals surface area contributed by atoms with Crippen molar-refractivity contribution in [3.63, 3.8) is 0 Å². The van der Waals surface area contributed by atoms with E-state index in [4.69, 9.17) is 0 Å². The van der Waals surface area contributed by atoms with E-state index in [1.54, 1.807) is 11.3 Å². The van der Waals surface area contributed by atoms with Gasteiger partial charge in [-0.15, -0.1) is 11.3 Å². The lowest BCUT2D eigenvalue weighted by molar-refractivity contribution is 0.0946. The second-order valence-corrected chi connectivity index (χ2v) is 6.07. The van der Waals surface area contributed by atoms with Crippen LogP contribution in [0.5, 0.6) is 0 Å². The maximum atomic E-state index is 12.0. The Labute approximate surface area is 113 Å². The van der Waals surface area contributed by atoms with Crippen molar-refractivity contribution >= 4 is 17.2 Å². The van der Waals surface area contributed by atoms with Crippen molar-refractivity contribution in [2.75, 3.05) is 26.2 Å². The highest BCUT2D eigenvalue weighted by Gasteiger charge is 2.13. The van der Waals surface area contributed by atoms with Crippen LogP contribution in [0.4, 0.5) is 0 Å². The molecular weight excluding hydrogens is 244 g/mol. The fraction of sp³-hybridized carbons (Fsp3) is 0.643. The Bertz CT molecular complexity index is 408. The maximum Gasteiger partial charge on any atom is 0.252 e. The minimum absolute atomic E-state index is 0.0776. The third kappa shape index (κ3) is 3.33. The number of piperidine rings is 1. The van der Waals surface area contributed by atoms with E-state index < -0.39 is 0 Å². The first-order valence-corrected chi connectivity index (χ1v) is 7.61. The molecule has 1 saturated heterocycles. The Morgan fingerprint density at radius 1 is 1.33 bits per heavy atom. The van der Waals surface area contributed by atoms with Gasteiger partial charge in [-0.3, -0.25) is 4.79 Å². The summed E-state index contributed by atoms with van der Waals surface area (Å²) in [5.41, 5.74) is 1.96. The number of rotatable bonds is 4. The molecule has 0 bridgehead atoms. The van der Waals surface area contributed by atoms with Gasteiger partial charge in [-0.25, -0.2) is 0 Å². The number of carbonyl (C=O) groups excluding carboxylic acids is 1. The first-order valence-electron chi connectivity index (χ1n) is 6.73. The molecule has 0 saturated carbocycles. The van der Waals surface area contributed by atoms with E-state index in [1.807, 2.05) is 12.3 Å². The monoisotopic (exact) mass is 266 g/mol. The minimum Gasteiger partial charge on any atom is -0.351 e. The lowest BCUT2D eigenvalue weighted by atomic mass is 10.1. The van der Waals surface area contributed by atoms with Crippen LogP contribution in [0.1, 0.15) is 40.1 Å². The van der Waals surface area contributed by atoms with Crippen LogP contribution in [0.3, 0.4) is 0 Å². The van der Waals surface area contributed by atoms with Crippen LogP contribution in [-0.2, 0) is 0 Å². The fourth-order valence-corrected chi connectivity index (χ4v) is 3.21. The molecule has 18 heavy (non-hydrogen) atoms. The summed E-state index contributed by atoms with van der Waals surface area (Å²) in [5.74, 6) is 0.0776. The molecule has 0 atom stereocenters. The number of likely N-dealkylation sites (tertiary alicyclic amines) is 1. The summed E-state index contributed by atoms with van der Waals surface area (Å²) < 4.78 is 0. The highest BCUT2D eigenvalue weighted by molar-refractivity contribution is 7.10. The van der Waals surface area contributed by atoms with E-state index in [2.05, 4.69) is 17.1 Å². The summed E-state index contributed by atoms with van der Waals surface area (Å²) >= 11 is 1.65. The molecule has 1 fully saturated rings. The highest BCUT2D eigenvalue weighted by Crippen LogP contribution is 2.20. The van der Waals surface area contributed by atoms with Crippen LogP contribution in [0, 0.1) is 13.8 Å². The third-order valence-electron chi connectivity index (χ3n) is 3.69. The number of nitrogens with zero attached hydrogens (tertiary/aromatic N) is 1. The minimum atomic E-state index is 0.0776. The average molecular weight is 266 g/mol. The molecule has 4 heteroatoms. The normalized spacial score (nSPS) is 16.8. The van der Waals surface area contributed by atoms with Crippen molar-refractivity contribution in [3.8, 4) is 0 Å². The van der Waals surface area contributed by atoms with Crippen molar-refractivity contribution in [1.29, 1.82) is 0 Å². The first-order chi connectivity index (χ1) is 8.68. The van der Waals surface area contributed by atoms with Gasteiger partial charge in [-0.05, 0) is 45.3 Å². The number of nitrogens with one attached hydrogen (secondary N) is 1. The van der Waals surface area contributed by atoms with E-state index in [0.29, 0.717) is 0 Å². The summed E-state index contributed by atoms with van der Waals surface area (Å²) in [6, 6.07) is 0. The van der Waals surface area contributed by atoms with Gasteiger partial charge in [0.05, 0.1) is 5.56 Å². The zero-order valence-corrected chi connectivity index (χ0v) is 12.1.